The first-order valence-corrected chi connectivity index (χ1v) is 10.9. The second-order valence-electron chi connectivity index (χ2n) is 7.14. The van der Waals surface area contributed by atoms with E-state index in [1.807, 2.05) is 30.3 Å². The maximum atomic E-state index is 12.6. The number of esters is 1. The topological polar surface area (TPSA) is 93.9 Å². The number of carbonyl (C=O) groups excluding carboxylic acids is 1. The number of sulfonamides is 1. The molecule has 0 aliphatic carbocycles. The molecule has 0 aliphatic heterocycles. The third kappa shape index (κ3) is 3.95. The van der Waals surface area contributed by atoms with Crippen molar-refractivity contribution in [2.75, 3.05) is 14.1 Å². The molecule has 7 nitrogen and oxygen atoms in total. The van der Waals surface area contributed by atoms with Crippen molar-refractivity contribution in [2.24, 2.45) is 0 Å². The monoisotopic (exact) mass is 437 g/mol. The van der Waals surface area contributed by atoms with Crippen LogP contribution in [0.25, 0.3) is 21.7 Å². The lowest BCUT2D eigenvalue weighted by Gasteiger charge is -2.12. The van der Waals surface area contributed by atoms with Crippen molar-refractivity contribution in [2.45, 2.75) is 11.5 Å². The number of nitrogens with zero attached hydrogens (tertiary/aromatic N) is 1. The van der Waals surface area contributed by atoms with Crippen molar-refractivity contribution in [3.05, 3.63) is 88.3 Å². The Hall–Kier alpha value is -3.49. The molecule has 158 valence electrons. The zero-order chi connectivity index (χ0) is 22.2. The van der Waals surface area contributed by atoms with E-state index in [1.54, 1.807) is 6.07 Å². The van der Waals surface area contributed by atoms with Crippen LogP contribution >= 0.6 is 0 Å². The van der Waals surface area contributed by atoms with Crippen molar-refractivity contribution in [3.63, 3.8) is 0 Å². The van der Waals surface area contributed by atoms with Gasteiger partial charge in [0.2, 0.25) is 10.0 Å². The first-order valence-electron chi connectivity index (χ1n) is 9.41. The number of ether oxygens (including phenoxy) is 1. The minimum atomic E-state index is -3.69. The smallest absolute Gasteiger partial charge is 0.338 e. The van der Waals surface area contributed by atoms with E-state index in [2.05, 4.69) is 0 Å². The van der Waals surface area contributed by atoms with Crippen LogP contribution in [0.15, 0.2) is 80.8 Å². The van der Waals surface area contributed by atoms with Gasteiger partial charge >= 0.3 is 11.6 Å². The standard InChI is InChI=1S/C23H19NO6S/c1-24(2)31(27,28)18-8-5-7-16(12-18)23(26)29-14-17-13-21(25)30-20-11-10-15-6-3-4-9-19(15)22(17)20/h3-13H,14H2,1-2H3. The largest absolute Gasteiger partial charge is 0.457 e. The van der Waals surface area contributed by atoms with Gasteiger partial charge in [-0.25, -0.2) is 22.3 Å². The van der Waals surface area contributed by atoms with Crippen molar-refractivity contribution in [1.29, 1.82) is 0 Å². The molecule has 0 fully saturated rings. The highest BCUT2D eigenvalue weighted by molar-refractivity contribution is 7.89. The van der Waals surface area contributed by atoms with Gasteiger partial charge in [0, 0.05) is 31.1 Å². The van der Waals surface area contributed by atoms with E-state index in [0.717, 1.165) is 15.1 Å². The predicted octanol–water partition coefficient (Wildman–Crippen LogP) is 3.55. The van der Waals surface area contributed by atoms with Crippen molar-refractivity contribution < 1.29 is 22.4 Å². The number of benzene rings is 3. The van der Waals surface area contributed by atoms with Gasteiger partial charge in [0.1, 0.15) is 12.2 Å². The van der Waals surface area contributed by atoms with Crippen molar-refractivity contribution in [1.82, 2.24) is 4.31 Å². The molecule has 1 aromatic heterocycles. The van der Waals surface area contributed by atoms with Gasteiger partial charge in [-0.2, -0.15) is 0 Å². The highest BCUT2D eigenvalue weighted by atomic mass is 32.2. The van der Waals surface area contributed by atoms with Crippen LogP contribution in [0.2, 0.25) is 0 Å². The lowest BCUT2D eigenvalue weighted by atomic mass is 10.0. The zero-order valence-electron chi connectivity index (χ0n) is 16.9. The Kier molecular flexibility index (Phi) is 5.34. The average molecular weight is 437 g/mol. The SMILES string of the molecule is CN(C)S(=O)(=O)c1cccc(C(=O)OCc2cc(=O)oc3ccc4ccccc4c23)c1. The summed E-state index contributed by atoms with van der Waals surface area (Å²) in [6.45, 7) is -0.167. The van der Waals surface area contributed by atoms with E-state index in [0.29, 0.717) is 16.5 Å². The van der Waals surface area contributed by atoms with Gasteiger partial charge in [-0.05, 0) is 35.0 Å². The fraction of sp³-hybridized carbons (Fsp3) is 0.130. The quantitative estimate of drug-likeness (QED) is 0.269. The number of carbonyl (C=O) groups is 1. The van der Waals surface area contributed by atoms with E-state index in [1.165, 1.54) is 44.4 Å². The van der Waals surface area contributed by atoms with Crippen molar-refractivity contribution in [3.8, 4) is 0 Å². The first-order chi connectivity index (χ1) is 14.8. The molecule has 4 rings (SSSR count). The van der Waals surface area contributed by atoms with E-state index in [4.69, 9.17) is 9.15 Å². The molecule has 8 heteroatoms. The van der Waals surface area contributed by atoms with Gasteiger partial charge < -0.3 is 9.15 Å². The average Bonchev–Trinajstić information content (AvgIpc) is 2.76. The number of rotatable bonds is 5. The van der Waals surface area contributed by atoms with Gasteiger partial charge in [-0.15, -0.1) is 0 Å². The highest BCUT2D eigenvalue weighted by Gasteiger charge is 2.19. The van der Waals surface area contributed by atoms with E-state index in [9.17, 15) is 18.0 Å². The summed E-state index contributed by atoms with van der Waals surface area (Å²) in [5.41, 5.74) is 0.456. The fourth-order valence-electron chi connectivity index (χ4n) is 3.35. The Morgan fingerprint density at radius 2 is 1.77 bits per heavy atom. The van der Waals surface area contributed by atoms with Gasteiger partial charge in [-0.3, -0.25) is 0 Å². The van der Waals surface area contributed by atoms with Crippen molar-refractivity contribution >= 4 is 37.7 Å². The Bertz CT molecular complexity index is 1470. The van der Waals surface area contributed by atoms with Gasteiger partial charge in [0.25, 0.3) is 0 Å². The maximum Gasteiger partial charge on any atom is 0.338 e. The second-order valence-corrected chi connectivity index (χ2v) is 9.29. The van der Waals surface area contributed by atoms with Crippen LogP contribution in [-0.2, 0) is 21.4 Å². The summed E-state index contributed by atoms with van der Waals surface area (Å²) in [4.78, 5) is 24.6. The lowest BCUT2D eigenvalue weighted by Crippen LogP contribution is -2.22. The summed E-state index contributed by atoms with van der Waals surface area (Å²) in [7, 11) is -0.860. The van der Waals surface area contributed by atoms with E-state index >= 15 is 0 Å². The Morgan fingerprint density at radius 1 is 1.00 bits per heavy atom. The molecule has 0 atom stereocenters. The van der Waals surface area contributed by atoms with Crippen LogP contribution in [0.4, 0.5) is 0 Å². The molecule has 3 aromatic carbocycles. The Balaban J connectivity index is 1.68. The molecule has 4 aromatic rings. The molecule has 0 saturated carbocycles. The van der Waals surface area contributed by atoms with E-state index < -0.39 is 21.6 Å². The normalized spacial score (nSPS) is 11.8. The molecule has 0 amide bonds. The molecule has 0 spiro atoms. The molecule has 0 saturated heterocycles. The highest BCUT2D eigenvalue weighted by Crippen LogP contribution is 2.28. The van der Waals surface area contributed by atoms with Crippen LogP contribution < -0.4 is 5.63 Å². The molecule has 31 heavy (non-hydrogen) atoms. The molecule has 0 aliphatic rings. The van der Waals surface area contributed by atoms with Gasteiger partial charge in [0.15, 0.2) is 0 Å². The predicted molar refractivity (Wildman–Crippen MR) is 116 cm³/mol. The first kappa shape index (κ1) is 20.8. The molecule has 1 heterocycles. The summed E-state index contributed by atoms with van der Waals surface area (Å²) in [6, 6.07) is 18.1. The van der Waals surface area contributed by atoms with Crippen LogP contribution in [0, 0.1) is 0 Å². The third-order valence-electron chi connectivity index (χ3n) is 4.92. The van der Waals surface area contributed by atoms with Crippen LogP contribution in [0.3, 0.4) is 0 Å². The maximum absolute atomic E-state index is 12.6. The third-order valence-corrected chi connectivity index (χ3v) is 6.73. The molecular weight excluding hydrogens is 418 g/mol. The van der Waals surface area contributed by atoms with Crippen LogP contribution in [-0.4, -0.2) is 32.8 Å². The molecule has 0 bridgehead atoms. The lowest BCUT2D eigenvalue weighted by molar-refractivity contribution is 0.0473. The van der Waals surface area contributed by atoms with E-state index in [-0.39, 0.29) is 17.1 Å². The Labute approximate surface area is 178 Å². The summed E-state index contributed by atoms with van der Waals surface area (Å²) >= 11 is 0. The Morgan fingerprint density at radius 3 is 2.55 bits per heavy atom. The van der Waals surface area contributed by atoms with Crippen LogP contribution in [0.5, 0.6) is 0 Å². The van der Waals surface area contributed by atoms with Crippen LogP contribution in [0.1, 0.15) is 15.9 Å². The summed E-state index contributed by atoms with van der Waals surface area (Å²) < 4.78 is 36.5. The fourth-order valence-corrected chi connectivity index (χ4v) is 4.30. The zero-order valence-corrected chi connectivity index (χ0v) is 17.7. The number of hydrogen-bond donors (Lipinski definition) is 0. The summed E-state index contributed by atoms with van der Waals surface area (Å²) in [5, 5.41) is 2.52. The number of fused-ring (bicyclic) bond motifs is 3. The molecular formula is C23H19NO6S. The summed E-state index contributed by atoms with van der Waals surface area (Å²) in [5.74, 6) is -0.697. The molecule has 0 radical (unpaired) electrons. The van der Waals surface area contributed by atoms with Gasteiger partial charge in [-0.1, -0.05) is 36.4 Å². The minimum absolute atomic E-state index is 0.0104. The summed E-state index contributed by atoms with van der Waals surface area (Å²) in [6.07, 6.45) is 0. The number of hydrogen-bond acceptors (Lipinski definition) is 6. The second kappa shape index (κ2) is 7.98. The minimum Gasteiger partial charge on any atom is -0.457 e. The molecule has 0 N–H and O–H groups in total. The molecule has 0 unspecified atom stereocenters. The van der Waals surface area contributed by atoms with Gasteiger partial charge in [0.05, 0.1) is 10.5 Å².